The monoisotopic (exact) mass is 247 g/mol. The average Bonchev–Trinajstić information content (AvgIpc) is 3.23. The van der Waals surface area contributed by atoms with Gasteiger partial charge in [0.15, 0.2) is 0 Å². The van der Waals surface area contributed by atoms with E-state index in [1.807, 2.05) is 18.5 Å². The number of hydrogen-bond donors (Lipinski definition) is 1. The molecule has 3 unspecified atom stereocenters. The molecule has 0 saturated heterocycles. The summed E-state index contributed by atoms with van der Waals surface area (Å²) in [6.07, 6.45) is 7.50. The molecule has 1 aromatic heterocycles. The van der Waals surface area contributed by atoms with E-state index in [0.29, 0.717) is 6.04 Å². The van der Waals surface area contributed by atoms with Crippen LogP contribution in [0.5, 0.6) is 0 Å². The lowest BCUT2D eigenvalue weighted by Crippen LogP contribution is -2.43. The summed E-state index contributed by atoms with van der Waals surface area (Å²) in [5.41, 5.74) is 7.58. The first-order valence-corrected chi connectivity index (χ1v) is 7.02. The molecule has 0 bridgehead atoms. The molecule has 100 valence electrons. The molecule has 1 aromatic rings. The summed E-state index contributed by atoms with van der Waals surface area (Å²) in [6.45, 7) is 4.48. The van der Waals surface area contributed by atoms with Gasteiger partial charge in [-0.15, -0.1) is 0 Å². The summed E-state index contributed by atoms with van der Waals surface area (Å²) in [4.78, 5) is 6.69. The van der Waals surface area contributed by atoms with Crippen LogP contribution in [-0.2, 0) is 0 Å². The Hall–Kier alpha value is -0.930. The summed E-state index contributed by atoms with van der Waals surface area (Å²) in [7, 11) is 2.20. The van der Waals surface area contributed by atoms with Gasteiger partial charge in [0.05, 0.1) is 6.04 Å². The van der Waals surface area contributed by atoms with Crippen molar-refractivity contribution >= 4 is 0 Å². The predicted molar refractivity (Wildman–Crippen MR) is 75.2 cm³/mol. The zero-order valence-electron chi connectivity index (χ0n) is 11.7. The molecule has 1 aliphatic rings. The van der Waals surface area contributed by atoms with Crippen molar-refractivity contribution < 1.29 is 0 Å². The first-order chi connectivity index (χ1) is 8.65. The number of pyridine rings is 1. The normalized spacial score (nSPS) is 20.7. The number of nitrogens with two attached hydrogens (primary N) is 1. The predicted octanol–water partition coefficient (Wildman–Crippen LogP) is 2.59. The third-order valence-electron chi connectivity index (χ3n) is 4.29. The van der Waals surface area contributed by atoms with Crippen LogP contribution < -0.4 is 5.73 Å². The van der Waals surface area contributed by atoms with Gasteiger partial charge in [-0.3, -0.25) is 9.88 Å². The van der Waals surface area contributed by atoms with Gasteiger partial charge >= 0.3 is 0 Å². The third kappa shape index (κ3) is 2.90. The first-order valence-electron chi connectivity index (χ1n) is 7.02. The van der Waals surface area contributed by atoms with Crippen molar-refractivity contribution in [2.75, 3.05) is 7.05 Å². The van der Waals surface area contributed by atoms with Gasteiger partial charge < -0.3 is 5.73 Å². The third-order valence-corrected chi connectivity index (χ3v) is 4.29. The SMILES string of the molecule is CCC(N)C(c1cccnc1)N(C)C(C)C1CC1. The molecule has 1 aliphatic carbocycles. The van der Waals surface area contributed by atoms with Crippen LogP contribution in [0.2, 0.25) is 0 Å². The highest BCUT2D eigenvalue weighted by Gasteiger charge is 2.35. The van der Waals surface area contributed by atoms with Crippen LogP contribution in [0.1, 0.15) is 44.7 Å². The Morgan fingerprint density at radius 3 is 2.72 bits per heavy atom. The van der Waals surface area contributed by atoms with Crippen LogP contribution >= 0.6 is 0 Å². The molecule has 1 fully saturated rings. The standard InChI is InChI=1S/C15H25N3/c1-4-14(16)15(13-6-5-9-17-10-13)18(3)11(2)12-7-8-12/h5-6,9-12,14-15H,4,7-8,16H2,1-3H3. The minimum absolute atomic E-state index is 0.167. The maximum absolute atomic E-state index is 6.34. The Kier molecular flexibility index (Phi) is 4.36. The fraction of sp³-hybridized carbons (Fsp3) is 0.667. The second kappa shape index (κ2) is 5.81. The van der Waals surface area contributed by atoms with Crippen molar-refractivity contribution in [3.8, 4) is 0 Å². The fourth-order valence-corrected chi connectivity index (χ4v) is 2.72. The Labute approximate surface area is 110 Å². The van der Waals surface area contributed by atoms with E-state index in [2.05, 4.69) is 36.8 Å². The van der Waals surface area contributed by atoms with Crippen molar-refractivity contribution in [2.45, 2.75) is 51.2 Å². The van der Waals surface area contributed by atoms with Gasteiger partial charge in [-0.1, -0.05) is 13.0 Å². The van der Waals surface area contributed by atoms with Gasteiger partial charge in [0.25, 0.3) is 0 Å². The molecule has 0 aliphatic heterocycles. The van der Waals surface area contributed by atoms with E-state index in [-0.39, 0.29) is 12.1 Å². The highest BCUT2D eigenvalue weighted by atomic mass is 15.2. The minimum atomic E-state index is 0.167. The molecular formula is C15H25N3. The smallest absolute Gasteiger partial charge is 0.0514 e. The highest BCUT2D eigenvalue weighted by Crippen LogP contribution is 2.38. The van der Waals surface area contributed by atoms with Gasteiger partial charge in [-0.05, 0) is 50.8 Å². The summed E-state index contributed by atoms with van der Waals surface area (Å²) < 4.78 is 0. The molecule has 3 heteroatoms. The largest absolute Gasteiger partial charge is 0.326 e. The quantitative estimate of drug-likeness (QED) is 0.840. The van der Waals surface area contributed by atoms with Crippen LogP contribution in [0, 0.1) is 5.92 Å². The Bertz CT molecular complexity index is 361. The molecule has 0 aromatic carbocycles. The molecule has 3 nitrogen and oxygen atoms in total. The lowest BCUT2D eigenvalue weighted by molar-refractivity contribution is 0.143. The molecule has 1 heterocycles. The second-order valence-electron chi connectivity index (χ2n) is 5.55. The lowest BCUT2D eigenvalue weighted by atomic mass is 9.96. The zero-order chi connectivity index (χ0) is 13.1. The minimum Gasteiger partial charge on any atom is -0.326 e. The number of likely N-dealkylation sites (N-methyl/N-ethyl adjacent to an activating group) is 1. The highest BCUT2D eigenvalue weighted by molar-refractivity contribution is 5.16. The molecule has 18 heavy (non-hydrogen) atoms. The Balaban J connectivity index is 2.19. The van der Waals surface area contributed by atoms with Crippen LogP contribution in [0.15, 0.2) is 24.5 Å². The van der Waals surface area contributed by atoms with Crippen LogP contribution in [-0.4, -0.2) is 29.0 Å². The average molecular weight is 247 g/mol. The van der Waals surface area contributed by atoms with Gasteiger partial charge in [0.1, 0.15) is 0 Å². The van der Waals surface area contributed by atoms with E-state index in [4.69, 9.17) is 5.73 Å². The Morgan fingerprint density at radius 1 is 1.50 bits per heavy atom. The van der Waals surface area contributed by atoms with E-state index < -0.39 is 0 Å². The lowest BCUT2D eigenvalue weighted by Gasteiger charge is -2.37. The topological polar surface area (TPSA) is 42.1 Å². The molecular weight excluding hydrogens is 222 g/mol. The van der Waals surface area contributed by atoms with Crippen LogP contribution in [0.25, 0.3) is 0 Å². The van der Waals surface area contributed by atoms with Gasteiger partial charge in [0, 0.05) is 24.5 Å². The maximum atomic E-state index is 6.34. The van der Waals surface area contributed by atoms with Crippen molar-refractivity contribution in [2.24, 2.45) is 11.7 Å². The van der Waals surface area contributed by atoms with E-state index in [1.165, 1.54) is 18.4 Å². The summed E-state index contributed by atoms with van der Waals surface area (Å²) >= 11 is 0. The van der Waals surface area contributed by atoms with Crippen LogP contribution in [0.4, 0.5) is 0 Å². The van der Waals surface area contributed by atoms with E-state index in [9.17, 15) is 0 Å². The van der Waals surface area contributed by atoms with E-state index in [0.717, 1.165) is 12.3 Å². The van der Waals surface area contributed by atoms with Crippen molar-refractivity contribution in [1.29, 1.82) is 0 Å². The van der Waals surface area contributed by atoms with E-state index in [1.54, 1.807) is 0 Å². The van der Waals surface area contributed by atoms with Crippen molar-refractivity contribution in [3.05, 3.63) is 30.1 Å². The number of hydrogen-bond acceptors (Lipinski definition) is 3. The number of rotatable bonds is 6. The van der Waals surface area contributed by atoms with Crippen LogP contribution in [0.3, 0.4) is 0 Å². The molecule has 1 saturated carbocycles. The van der Waals surface area contributed by atoms with Crippen molar-refractivity contribution in [3.63, 3.8) is 0 Å². The first kappa shape index (κ1) is 13.5. The zero-order valence-corrected chi connectivity index (χ0v) is 11.7. The van der Waals surface area contributed by atoms with Gasteiger partial charge in [-0.2, -0.15) is 0 Å². The molecule has 2 N–H and O–H groups in total. The molecule has 0 amide bonds. The Morgan fingerprint density at radius 2 is 2.22 bits per heavy atom. The summed E-state index contributed by atoms with van der Waals surface area (Å²) in [6, 6.07) is 5.19. The summed E-state index contributed by atoms with van der Waals surface area (Å²) in [5, 5.41) is 0. The number of aromatic nitrogens is 1. The molecule has 0 radical (unpaired) electrons. The maximum Gasteiger partial charge on any atom is 0.0514 e. The van der Waals surface area contributed by atoms with Gasteiger partial charge in [0.2, 0.25) is 0 Å². The molecule has 0 spiro atoms. The number of nitrogens with zero attached hydrogens (tertiary/aromatic N) is 2. The van der Waals surface area contributed by atoms with Crippen molar-refractivity contribution in [1.82, 2.24) is 9.88 Å². The molecule has 3 atom stereocenters. The fourth-order valence-electron chi connectivity index (χ4n) is 2.72. The second-order valence-corrected chi connectivity index (χ2v) is 5.55. The molecule has 2 rings (SSSR count). The summed E-state index contributed by atoms with van der Waals surface area (Å²) in [5.74, 6) is 0.859. The van der Waals surface area contributed by atoms with Gasteiger partial charge in [-0.25, -0.2) is 0 Å². The van der Waals surface area contributed by atoms with E-state index >= 15 is 0 Å².